The van der Waals surface area contributed by atoms with Crippen LogP contribution in [-0.4, -0.2) is 22.9 Å². The van der Waals surface area contributed by atoms with Gasteiger partial charge in [0.25, 0.3) is 0 Å². The van der Waals surface area contributed by atoms with Gasteiger partial charge in [-0.3, -0.25) is 0 Å². The minimum atomic E-state index is -0.567. The quantitative estimate of drug-likeness (QED) is 0.461. The lowest BCUT2D eigenvalue weighted by Gasteiger charge is -1.92. The summed E-state index contributed by atoms with van der Waals surface area (Å²) in [6, 6.07) is 0. The molecule has 0 aliphatic rings. The number of rotatable bonds is 1. The van der Waals surface area contributed by atoms with Crippen LogP contribution in [0.25, 0.3) is 0 Å². The van der Waals surface area contributed by atoms with Gasteiger partial charge < -0.3 is 10.2 Å². The number of aliphatic hydroxyl groups is 2. The third-order valence-corrected chi connectivity index (χ3v) is 0.734. The second-order valence-corrected chi connectivity index (χ2v) is 1.40. The summed E-state index contributed by atoms with van der Waals surface area (Å²) in [6.07, 6.45) is 0.0506. The highest BCUT2D eigenvalue weighted by Gasteiger charge is 1.88. The van der Waals surface area contributed by atoms with E-state index in [1.165, 1.54) is 0 Å². The first-order chi connectivity index (χ1) is 3.81. The van der Waals surface area contributed by atoms with Crippen molar-refractivity contribution in [2.45, 2.75) is 19.4 Å². The molecule has 0 amide bonds. The van der Waals surface area contributed by atoms with E-state index in [4.69, 9.17) is 10.2 Å². The van der Waals surface area contributed by atoms with Gasteiger partial charge in [-0.25, -0.2) is 0 Å². The van der Waals surface area contributed by atoms with Gasteiger partial charge in [0.2, 0.25) is 0 Å². The fraction of sp³-hybridized carbons (Fsp3) is 0.667. The van der Waals surface area contributed by atoms with Crippen molar-refractivity contribution in [2.24, 2.45) is 0 Å². The molecule has 8 heavy (non-hydrogen) atoms. The van der Waals surface area contributed by atoms with Crippen molar-refractivity contribution in [2.75, 3.05) is 6.61 Å². The van der Waals surface area contributed by atoms with Gasteiger partial charge in [-0.05, 0) is 6.42 Å². The molecule has 0 rings (SSSR count). The molecule has 2 heteroatoms. The van der Waals surface area contributed by atoms with E-state index in [9.17, 15) is 0 Å². The monoisotopic (exact) mass is 114 g/mol. The molecule has 0 saturated carbocycles. The van der Waals surface area contributed by atoms with Gasteiger partial charge in [0.1, 0.15) is 12.7 Å². The molecule has 0 unspecified atom stereocenters. The van der Waals surface area contributed by atoms with Gasteiger partial charge in [-0.15, -0.1) is 0 Å². The van der Waals surface area contributed by atoms with E-state index in [1.807, 2.05) is 6.92 Å². The highest BCUT2D eigenvalue weighted by Crippen LogP contribution is 1.83. The van der Waals surface area contributed by atoms with Crippen LogP contribution in [0.4, 0.5) is 0 Å². The smallest absolute Gasteiger partial charge is 0.114 e. The Morgan fingerprint density at radius 2 is 2.25 bits per heavy atom. The fourth-order valence-electron chi connectivity index (χ4n) is 0.266. The van der Waals surface area contributed by atoms with Crippen LogP contribution < -0.4 is 0 Å². The molecule has 1 atom stereocenters. The molecular formula is C6H10O2. The summed E-state index contributed by atoms with van der Waals surface area (Å²) in [6.45, 7) is 1.66. The van der Waals surface area contributed by atoms with Gasteiger partial charge in [0, 0.05) is 0 Å². The molecule has 0 aromatic rings. The summed E-state index contributed by atoms with van der Waals surface area (Å²) in [4.78, 5) is 0. The van der Waals surface area contributed by atoms with E-state index in [0.29, 0.717) is 6.42 Å². The summed E-state index contributed by atoms with van der Waals surface area (Å²) in [7, 11) is 0. The summed E-state index contributed by atoms with van der Waals surface area (Å²) >= 11 is 0. The SMILES string of the molecule is CC[C@@H](O)C#CCO. The number of hydrogen-bond acceptors (Lipinski definition) is 2. The van der Waals surface area contributed by atoms with Crippen LogP contribution in [0.15, 0.2) is 0 Å². The molecular weight excluding hydrogens is 104 g/mol. The lowest BCUT2D eigenvalue weighted by Crippen LogP contribution is -1.98. The van der Waals surface area contributed by atoms with Gasteiger partial charge in [0.05, 0.1) is 0 Å². The van der Waals surface area contributed by atoms with Crippen LogP contribution in [0.3, 0.4) is 0 Å². The van der Waals surface area contributed by atoms with Crippen LogP contribution >= 0.6 is 0 Å². The maximum atomic E-state index is 8.70. The lowest BCUT2D eigenvalue weighted by atomic mass is 10.3. The van der Waals surface area contributed by atoms with Crippen molar-refractivity contribution in [1.82, 2.24) is 0 Å². The van der Waals surface area contributed by atoms with Crippen LogP contribution in [-0.2, 0) is 0 Å². The molecule has 0 radical (unpaired) electrons. The van der Waals surface area contributed by atoms with Crippen LogP contribution in [0.1, 0.15) is 13.3 Å². The van der Waals surface area contributed by atoms with E-state index in [0.717, 1.165) is 0 Å². The molecule has 2 N–H and O–H groups in total. The van der Waals surface area contributed by atoms with Gasteiger partial charge >= 0.3 is 0 Å². The molecule has 0 aromatic carbocycles. The first-order valence-electron chi connectivity index (χ1n) is 2.58. The van der Waals surface area contributed by atoms with E-state index in [1.54, 1.807) is 0 Å². The second kappa shape index (κ2) is 4.63. The molecule has 0 heterocycles. The Kier molecular flexibility index (Phi) is 4.33. The number of hydrogen-bond donors (Lipinski definition) is 2. The summed E-state index contributed by atoms with van der Waals surface area (Å²) in [5, 5.41) is 16.8. The Hall–Kier alpha value is -0.520. The Morgan fingerprint density at radius 1 is 1.62 bits per heavy atom. The maximum Gasteiger partial charge on any atom is 0.114 e. The van der Waals surface area contributed by atoms with Crippen molar-refractivity contribution in [3.63, 3.8) is 0 Å². The minimum absolute atomic E-state index is 0.170. The predicted octanol–water partition coefficient (Wildman–Crippen LogP) is -0.247. The fourth-order valence-corrected chi connectivity index (χ4v) is 0.266. The van der Waals surface area contributed by atoms with Crippen LogP contribution in [0.5, 0.6) is 0 Å². The highest BCUT2D eigenvalue weighted by molar-refractivity contribution is 5.03. The topological polar surface area (TPSA) is 40.5 Å². The third-order valence-electron chi connectivity index (χ3n) is 0.734. The van der Waals surface area contributed by atoms with Crippen molar-refractivity contribution in [3.05, 3.63) is 0 Å². The predicted molar refractivity (Wildman–Crippen MR) is 31.2 cm³/mol. The van der Waals surface area contributed by atoms with Gasteiger partial charge in [-0.2, -0.15) is 0 Å². The zero-order valence-corrected chi connectivity index (χ0v) is 4.89. The van der Waals surface area contributed by atoms with Crippen molar-refractivity contribution >= 4 is 0 Å². The van der Waals surface area contributed by atoms with Gasteiger partial charge in [-0.1, -0.05) is 18.8 Å². The molecule has 46 valence electrons. The summed E-state index contributed by atoms with van der Waals surface area (Å²) < 4.78 is 0. The molecule has 0 saturated heterocycles. The zero-order chi connectivity index (χ0) is 6.41. The highest BCUT2D eigenvalue weighted by atomic mass is 16.3. The molecule has 2 nitrogen and oxygen atoms in total. The van der Waals surface area contributed by atoms with E-state index in [2.05, 4.69) is 11.8 Å². The van der Waals surface area contributed by atoms with Crippen molar-refractivity contribution < 1.29 is 10.2 Å². The number of aliphatic hydroxyl groups excluding tert-OH is 2. The first kappa shape index (κ1) is 7.48. The van der Waals surface area contributed by atoms with Crippen molar-refractivity contribution in [1.29, 1.82) is 0 Å². The largest absolute Gasteiger partial charge is 0.384 e. The van der Waals surface area contributed by atoms with E-state index < -0.39 is 6.10 Å². The standard InChI is InChI=1S/C6H10O2/c1-2-6(8)4-3-5-7/h6-8H,2,5H2,1H3/t6-/m1/s1. The Morgan fingerprint density at radius 3 is 2.62 bits per heavy atom. The zero-order valence-electron chi connectivity index (χ0n) is 4.89. The lowest BCUT2D eigenvalue weighted by molar-refractivity contribution is 0.228. The molecule has 0 fully saturated rings. The molecule has 0 spiro atoms. The van der Waals surface area contributed by atoms with Gasteiger partial charge in [0.15, 0.2) is 0 Å². The summed E-state index contributed by atoms with van der Waals surface area (Å²) in [5.74, 6) is 4.79. The van der Waals surface area contributed by atoms with Crippen LogP contribution in [0, 0.1) is 11.8 Å². The Labute approximate surface area is 49.2 Å². The average Bonchev–Trinajstić information content (AvgIpc) is 1.83. The third kappa shape index (κ3) is 3.66. The second-order valence-electron chi connectivity index (χ2n) is 1.40. The van der Waals surface area contributed by atoms with Crippen LogP contribution in [0.2, 0.25) is 0 Å². The molecule has 0 aliphatic heterocycles. The van der Waals surface area contributed by atoms with E-state index in [-0.39, 0.29) is 6.61 Å². The van der Waals surface area contributed by atoms with Crippen molar-refractivity contribution in [3.8, 4) is 11.8 Å². The summed E-state index contributed by atoms with van der Waals surface area (Å²) in [5.41, 5.74) is 0. The molecule has 0 bridgehead atoms. The Bertz CT molecular complexity index is 98.8. The first-order valence-corrected chi connectivity index (χ1v) is 2.58. The Balaban J connectivity index is 3.35. The molecule has 0 aliphatic carbocycles. The molecule has 0 aromatic heterocycles. The minimum Gasteiger partial charge on any atom is -0.384 e. The maximum absolute atomic E-state index is 8.70. The normalized spacial score (nSPS) is 11.9. The van der Waals surface area contributed by atoms with E-state index >= 15 is 0 Å². The average molecular weight is 114 g/mol.